The van der Waals surface area contributed by atoms with Crippen molar-refractivity contribution in [3.8, 4) is 41.2 Å². The number of fused-ring (bicyclic) bond motifs is 3. The summed E-state index contributed by atoms with van der Waals surface area (Å²) in [5.74, 6) is 0.935. The average Bonchev–Trinajstić information content (AvgIpc) is 3.50. The summed E-state index contributed by atoms with van der Waals surface area (Å²) in [6, 6.07) is 6.16. The van der Waals surface area contributed by atoms with Crippen LogP contribution in [0.2, 0.25) is 0 Å². The molecule has 4 fully saturated rings. The van der Waals surface area contributed by atoms with E-state index in [1.807, 2.05) is 4.90 Å². The fourth-order valence-electron chi connectivity index (χ4n) is 9.88. The molecule has 1 aliphatic carbocycles. The minimum Gasteiger partial charge on any atom is -0.508 e. The van der Waals surface area contributed by atoms with Gasteiger partial charge in [0.25, 0.3) is 0 Å². The van der Waals surface area contributed by atoms with Crippen molar-refractivity contribution in [2.45, 2.75) is 95.6 Å². The van der Waals surface area contributed by atoms with Gasteiger partial charge in [-0.15, -0.1) is 6.42 Å². The number of piperidine rings is 1. The van der Waals surface area contributed by atoms with Crippen LogP contribution in [0, 0.1) is 29.4 Å². The molecule has 0 bridgehead atoms. The summed E-state index contributed by atoms with van der Waals surface area (Å²) in [4.78, 5) is 18.7. The highest BCUT2D eigenvalue weighted by molar-refractivity contribution is 6.04. The Labute approximate surface area is 320 Å². The number of benzene rings is 2. The number of pyridine rings is 1. The first-order chi connectivity index (χ1) is 26.4. The van der Waals surface area contributed by atoms with E-state index in [0.29, 0.717) is 30.6 Å². The third kappa shape index (κ3) is 6.92. The second kappa shape index (κ2) is 14.6. The molecule has 4 aromatic rings. The lowest BCUT2D eigenvalue weighted by Gasteiger charge is -2.51. The number of halogens is 2. The number of hydrogen-bond acceptors (Lipinski definition) is 11. The number of aliphatic hydroxyl groups is 1. The van der Waals surface area contributed by atoms with Crippen molar-refractivity contribution in [3.05, 3.63) is 41.5 Å². The van der Waals surface area contributed by atoms with Crippen LogP contribution in [0.15, 0.2) is 24.3 Å². The zero-order chi connectivity index (χ0) is 38.6. The molecule has 1 saturated carbocycles. The van der Waals surface area contributed by atoms with Crippen molar-refractivity contribution in [1.82, 2.24) is 19.9 Å². The molecule has 0 amide bonds. The lowest BCUT2D eigenvalue weighted by molar-refractivity contribution is -0.0967. The summed E-state index contributed by atoms with van der Waals surface area (Å²) in [5, 5.41) is 22.7. The van der Waals surface area contributed by atoms with Gasteiger partial charge in [0.05, 0.1) is 51.2 Å². The molecule has 2 aromatic carbocycles. The monoisotopic (exact) mass is 757 g/mol. The molecule has 11 nitrogen and oxygen atoms in total. The standard InChI is InChI=1S/C42H49F2N5O6/c1-6-29-31(43)11-10-26-19-28(50)20-30(33(26)29)36-35(44)37-34(39(45-36)52-5)38(48-15-16-53-22-41(4,51)21-48)47-40(46-37)54-23-42-12-7-9-32(42)49(14-8-13-42)27-17-24(2)55-25(3)18-27/h1,10-11,19-20,24-25,27,32,50-51H,7-9,12-18,21-23H2,2-5H3/t24-,25-,32-,41+,42-/m1/s1. The van der Waals surface area contributed by atoms with Crippen LogP contribution in [-0.2, 0) is 9.47 Å². The Morgan fingerprint density at radius 3 is 2.60 bits per heavy atom. The predicted octanol–water partition coefficient (Wildman–Crippen LogP) is 6.38. The number of aromatic nitrogens is 3. The highest BCUT2D eigenvalue weighted by Gasteiger charge is 2.51. The third-order valence-corrected chi connectivity index (χ3v) is 12.1. The zero-order valence-electron chi connectivity index (χ0n) is 31.9. The number of ether oxygens (including phenoxy) is 4. The summed E-state index contributed by atoms with van der Waals surface area (Å²) in [5.41, 5.74) is -1.78. The van der Waals surface area contributed by atoms with E-state index >= 15 is 8.78 Å². The van der Waals surface area contributed by atoms with Crippen LogP contribution in [0.4, 0.5) is 14.6 Å². The Balaban J connectivity index is 1.25. The fraction of sp³-hybridized carbons (Fsp3) is 0.548. The second-order valence-electron chi connectivity index (χ2n) is 16.2. The van der Waals surface area contributed by atoms with Gasteiger partial charge in [0.1, 0.15) is 39.6 Å². The van der Waals surface area contributed by atoms with E-state index in [-0.39, 0.29) is 93.9 Å². The lowest BCUT2D eigenvalue weighted by atomic mass is 9.74. The zero-order valence-corrected chi connectivity index (χ0v) is 31.9. The van der Waals surface area contributed by atoms with Crippen LogP contribution in [0.3, 0.4) is 0 Å². The van der Waals surface area contributed by atoms with Crippen molar-refractivity contribution in [3.63, 3.8) is 0 Å². The number of terminal acetylenes is 1. The first kappa shape index (κ1) is 37.6. The van der Waals surface area contributed by atoms with Crippen LogP contribution >= 0.6 is 0 Å². The normalized spacial score (nSPS) is 28.9. The van der Waals surface area contributed by atoms with Crippen molar-refractivity contribution in [1.29, 1.82) is 0 Å². The van der Waals surface area contributed by atoms with Crippen molar-refractivity contribution < 1.29 is 37.9 Å². The number of nitrogens with zero attached hydrogens (tertiary/aromatic N) is 5. The maximum absolute atomic E-state index is 17.4. The molecule has 292 valence electrons. The van der Waals surface area contributed by atoms with Gasteiger partial charge in [-0.25, -0.2) is 13.8 Å². The van der Waals surface area contributed by atoms with Gasteiger partial charge in [-0.3, -0.25) is 4.90 Å². The number of β-amino-alcohol motifs (C(OH)–C–C–N with tert-alkyl or cyclic N) is 1. The molecule has 2 aromatic heterocycles. The van der Waals surface area contributed by atoms with Crippen molar-refractivity contribution in [2.75, 3.05) is 51.5 Å². The smallest absolute Gasteiger partial charge is 0.319 e. The summed E-state index contributed by atoms with van der Waals surface area (Å²) >= 11 is 0. The molecule has 13 heteroatoms. The van der Waals surface area contributed by atoms with Gasteiger partial charge in [0, 0.05) is 35.0 Å². The fourth-order valence-corrected chi connectivity index (χ4v) is 9.88. The number of methoxy groups -OCH3 is 1. The van der Waals surface area contributed by atoms with Crippen molar-refractivity contribution >= 4 is 27.5 Å². The first-order valence-corrected chi connectivity index (χ1v) is 19.4. The maximum Gasteiger partial charge on any atom is 0.319 e. The van der Waals surface area contributed by atoms with E-state index in [0.717, 1.165) is 51.5 Å². The summed E-state index contributed by atoms with van der Waals surface area (Å²) < 4.78 is 56.7. The predicted molar refractivity (Wildman–Crippen MR) is 205 cm³/mol. The van der Waals surface area contributed by atoms with E-state index in [2.05, 4.69) is 29.7 Å². The Morgan fingerprint density at radius 1 is 1.05 bits per heavy atom. The summed E-state index contributed by atoms with van der Waals surface area (Å²) in [6.45, 7) is 8.23. The Morgan fingerprint density at radius 2 is 1.84 bits per heavy atom. The Bertz CT molecular complexity index is 2150. The Hall–Kier alpha value is -4.35. The largest absolute Gasteiger partial charge is 0.508 e. The van der Waals surface area contributed by atoms with Crippen LogP contribution in [0.1, 0.15) is 71.3 Å². The van der Waals surface area contributed by atoms with Gasteiger partial charge in [0.2, 0.25) is 5.88 Å². The molecule has 4 aliphatic rings. The number of likely N-dealkylation sites (tertiary alicyclic amines) is 1. The quantitative estimate of drug-likeness (QED) is 0.205. The van der Waals surface area contributed by atoms with Crippen LogP contribution in [-0.4, -0.2) is 107 Å². The number of phenolic OH excluding ortho intramolecular Hbond substituents is 1. The molecule has 3 saturated heterocycles. The van der Waals surface area contributed by atoms with Gasteiger partial charge in [-0.2, -0.15) is 9.97 Å². The number of phenols is 1. The molecule has 5 heterocycles. The summed E-state index contributed by atoms with van der Waals surface area (Å²) in [6.07, 6.45) is 13.4. The first-order valence-electron chi connectivity index (χ1n) is 19.4. The third-order valence-electron chi connectivity index (χ3n) is 12.1. The lowest BCUT2D eigenvalue weighted by Crippen LogP contribution is -2.57. The molecule has 3 aliphatic heterocycles. The van der Waals surface area contributed by atoms with E-state index in [1.165, 1.54) is 31.4 Å². The van der Waals surface area contributed by atoms with Gasteiger partial charge >= 0.3 is 6.01 Å². The van der Waals surface area contributed by atoms with Gasteiger partial charge in [-0.1, -0.05) is 18.4 Å². The highest BCUT2D eigenvalue weighted by Crippen LogP contribution is 2.50. The van der Waals surface area contributed by atoms with Crippen LogP contribution < -0.4 is 14.4 Å². The van der Waals surface area contributed by atoms with E-state index in [9.17, 15) is 10.2 Å². The molecular weight excluding hydrogens is 708 g/mol. The number of hydrogen-bond donors (Lipinski definition) is 2. The van der Waals surface area contributed by atoms with Crippen LogP contribution in [0.5, 0.6) is 17.6 Å². The van der Waals surface area contributed by atoms with Gasteiger partial charge in [-0.05, 0) is 89.4 Å². The summed E-state index contributed by atoms with van der Waals surface area (Å²) in [7, 11) is 1.40. The average molecular weight is 758 g/mol. The topological polar surface area (TPSA) is 123 Å². The highest BCUT2D eigenvalue weighted by atomic mass is 19.1. The molecule has 0 spiro atoms. The SMILES string of the molecule is C#Cc1c(F)ccc2cc(O)cc(-c3nc(OC)c4c(N5CCOC[C@@](C)(O)C5)nc(OC[C@]56CCC[C@H]5N(C5C[C@@H](C)O[C@H](C)C5)CCC6)nc4c3F)c12. The van der Waals surface area contributed by atoms with Gasteiger partial charge < -0.3 is 34.1 Å². The second-order valence-corrected chi connectivity index (χ2v) is 16.2. The molecule has 0 radical (unpaired) electrons. The van der Waals surface area contributed by atoms with E-state index in [1.54, 1.807) is 6.92 Å². The number of rotatable bonds is 7. The van der Waals surface area contributed by atoms with Crippen molar-refractivity contribution in [2.24, 2.45) is 5.41 Å². The molecule has 8 rings (SSSR count). The van der Waals surface area contributed by atoms with E-state index < -0.39 is 17.2 Å². The molecular formula is C42H49F2N5O6. The molecule has 0 unspecified atom stereocenters. The van der Waals surface area contributed by atoms with Crippen LogP contribution in [0.25, 0.3) is 32.9 Å². The number of aromatic hydroxyl groups is 1. The minimum absolute atomic E-state index is 0.00907. The minimum atomic E-state index is -1.25. The maximum atomic E-state index is 17.4. The van der Waals surface area contributed by atoms with E-state index in [4.69, 9.17) is 35.3 Å². The molecule has 5 atom stereocenters. The van der Waals surface area contributed by atoms with Gasteiger partial charge in [0.15, 0.2) is 5.82 Å². The molecule has 55 heavy (non-hydrogen) atoms. The molecule has 2 N–H and O–H groups in total. The number of anilines is 1. The Kier molecular flexibility index (Phi) is 9.99.